The number of hydrogen-bond acceptors (Lipinski definition) is 3. The summed E-state index contributed by atoms with van der Waals surface area (Å²) in [6.07, 6.45) is 6.59. The van der Waals surface area contributed by atoms with Crippen LogP contribution < -0.4 is 5.73 Å². The van der Waals surface area contributed by atoms with Crippen molar-refractivity contribution < 1.29 is 9.53 Å². The number of ether oxygens (including phenoxy) is 1. The Balaban J connectivity index is 2.39. The highest BCUT2D eigenvalue weighted by molar-refractivity contribution is 5.81. The van der Waals surface area contributed by atoms with Gasteiger partial charge < -0.3 is 15.4 Å². The van der Waals surface area contributed by atoms with Crippen LogP contribution >= 0.6 is 0 Å². The summed E-state index contributed by atoms with van der Waals surface area (Å²) < 4.78 is 4.97. The van der Waals surface area contributed by atoms with Crippen molar-refractivity contribution in [3.63, 3.8) is 0 Å². The summed E-state index contributed by atoms with van der Waals surface area (Å²) >= 11 is 0. The minimum absolute atomic E-state index is 0.0620. The highest BCUT2D eigenvalue weighted by Gasteiger charge is 2.28. The van der Waals surface area contributed by atoms with Crippen LogP contribution in [0.1, 0.15) is 45.4 Å². The van der Waals surface area contributed by atoms with E-state index in [2.05, 4.69) is 6.92 Å². The van der Waals surface area contributed by atoms with E-state index < -0.39 is 6.04 Å². The third kappa shape index (κ3) is 4.25. The molecular weight excluding hydrogens is 228 g/mol. The van der Waals surface area contributed by atoms with Crippen molar-refractivity contribution in [3.05, 3.63) is 0 Å². The van der Waals surface area contributed by atoms with Crippen LogP contribution in [0.3, 0.4) is 0 Å². The van der Waals surface area contributed by atoms with E-state index in [-0.39, 0.29) is 5.91 Å². The quantitative estimate of drug-likeness (QED) is 0.788. The van der Waals surface area contributed by atoms with Crippen molar-refractivity contribution in [3.8, 4) is 0 Å². The topological polar surface area (TPSA) is 55.6 Å². The van der Waals surface area contributed by atoms with Crippen LogP contribution in [0.15, 0.2) is 0 Å². The maximum atomic E-state index is 12.1. The summed E-state index contributed by atoms with van der Waals surface area (Å²) in [7, 11) is 3.53. The smallest absolute Gasteiger partial charge is 0.239 e. The van der Waals surface area contributed by atoms with E-state index in [4.69, 9.17) is 10.5 Å². The van der Waals surface area contributed by atoms with Gasteiger partial charge in [0.2, 0.25) is 5.91 Å². The van der Waals surface area contributed by atoms with Crippen LogP contribution in [0.25, 0.3) is 0 Å². The molecule has 1 atom stereocenters. The third-order valence-electron chi connectivity index (χ3n) is 4.24. The fourth-order valence-corrected chi connectivity index (χ4v) is 2.75. The number of methoxy groups -OCH3 is 1. The minimum Gasteiger partial charge on any atom is -0.385 e. The number of likely N-dealkylation sites (N-methyl/N-ethyl adjacent to an activating group) is 1. The molecule has 0 radical (unpaired) electrons. The molecule has 1 unspecified atom stereocenters. The SMILES string of the molecule is CCC1CCC(N(C)C(=O)C(N)CCOC)CC1. The van der Waals surface area contributed by atoms with E-state index in [1.54, 1.807) is 7.11 Å². The lowest BCUT2D eigenvalue weighted by molar-refractivity contribution is -0.134. The Morgan fingerprint density at radius 1 is 1.39 bits per heavy atom. The minimum atomic E-state index is -0.418. The second-order valence-electron chi connectivity index (χ2n) is 5.42. The highest BCUT2D eigenvalue weighted by Crippen LogP contribution is 2.29. The van der Waals surface area contributed by atoms with Crippen LogP contribution in [0.2, 0.25) is 0 Å². The first-order valence-electron chi connectivity index (χ1n) is 7.11. The predicted octanol–water partition coefficient (Wildman–Crippen LogP) is 1.78. The molecule has 0 saturated heterocycles. The molecule has 106 valence electrons. The first kappa shape index (κ1) is 15.4. The normalized spacial score (nSPS) is 25.8. The van der Waals surface area contributed by atoms with Gasteiger partial charge in [0.05, 0.1) is 6.04 Å². The standard InChI is InChI=1S/C14H28N2O2/c1-4-11-5-7-12(8-6-11)16(2)14(17)13(15)9-10-18-3/h11-13H,4-10,15H2,1-3H3. The summed E-state index contributed by atoms with van der Waals surface area (Å²) in [6.45, 7) is 2.80. The monoisotopic (exact) mass is 256 g/mol. The summed E-state index contributed by atoms with van der Waals surface area (Å²) in [5, 5.41) is 0. The van der Waals surface area contributed by atoms with Gasteiger partial charge in [0, 0.05) is 26.8 Å². The predicted molar refractivity (Wildman–Crippen MR) is 73.3 cm³/mol. The Hall–Kier alpha value is -0.610. The molecule has 0 bridgehead atoms. The highest BCUT2D eigenvalue weighted by atomic mass is 16.5. The van der Waals surface area contributed by atoms with E-state index in [0.29, 0.717) is 19.1 Å². The van der Waals surface area contributed by atoms with E-state index in [1.165, 1.54) is 19.3 Å². The van der Waals surface area contributed by atoms with Crippen molar-refractivity contribution in [2.24, 2.45) is 11.7 Å². The number of hydrogen-bond donors (Lipinski definition) is 1. The van der Waals surface area contributed by atoms with Crippen molar-refractivity contribution in [2.75, 3.05) is 20.8 Å². The molecule has 0 aromatic rings. The summed E-state index contributed by atoms with van der Waals surface area (Å²) in [4.78, 5) is 14.0. The molecule has 18 heavy (non-hydrogen) atoms. The zero-order chi connectivity index (χ0) is 13.5. The molecule has 0 aromatic heterocycles. The number of nitrogens with zero attached hydrogens (tertiary/aromatic N) is 1. The van der Waals surface area contributed by atoms with Crippen molar-refractivity contribution in [1.82, 2.24) is 4.90 Å². The average molecular weight is 256 g/mol. The molecule has 4 heteroatoms. The molecule has 0 heterocycles. The van der Waals surface area contributed by atoms with Gasteiger partial charge in [0.1, 0.15) is 0 Å². The second kappa shape index (κ2) is 7.74. The molecule has 1 rings (SSSR count). The molecule has 1 amide bonds. The van der Waals surface area contributed by atoms with Crippen LogP contribution in [0.4, 0.5) is 0 Å². The average Bonchev–Trinajstić information content (AvgIpc) is 2.43. The van der Waals surface area contributed by atoms with Crippen molar-refractivity contribution in [2.45, 2.75) is 57.5 Å². The third-order valence-corrected chi connectivity index (χ3v) is 4.24. The van der Waals surface area contributed by atoms with Gasteiger partial charge in [-0.15, -0.1) is 0 Å². The van der Waals surface area contributed by atoms with Crippen LogP contribution in [0, 0.1) is 5.92 Å². The molecule has 2 N–H and O–H groups in total. The number of nitrogens with two attached hydrogens (primary N) is 1. The number of carbonyl (C=O) groups is 1. The largest absolute Gasteiger partial charge is 0.385 e. The zero-order valence-electron chi connectivity index (χ0n) is 12.0. The molecule has 4 nitrogen and oxygen atoms in total. The van der Waals surface area contributed by atoms with E-state index >= 15 is 0 Å². The number of amides is 1. The van der Waals surface area contributed by atoms with Gasteiger partial charge in [-0.1, -0.05) is 13.3 Å². The van der Waals surface area contributed by atoms with Gasteiger partial charge in [0.15, 0.2) is 0 Å². The lowest BCUT2D eigenvalue weighted by Gasteiger charge is -2.35. The summed E-state index contributed by atoms with van der Waals surface area (Å²) in [6, 6.07) is -0.0345. The second-order valence-corrected chi connectivity index (χ2v) is 5.42. The van der Waals surface area contributed by atoms with Crippen LogP contribution in [-0.4, -0.2) is 43.7 Å². The fraction of sp³-hybridized carbons (Fsp3) is 0.929. The molecule has 0 spiro atoms. The van der Waals surface area contributed by atoms with Gasteiger partial charge in [0.25, 0.3) is 0 Å². The van der Waals surface area contributed by atoms with Crippen molar-refractivity contribution >= 4 is 5.91 Å². The van der Waals surface area contributed by atoms with Gasteiger partial charge in [-0.05, 0) is 38.0 Å². The van der Waals surface area contributed by atoms with E-state index in [9.17, 15) is 4.79 Å². The molecule has 1 aliphatic carbocycles. The summed E-state index contributed by atoms with van der Waals surface area (Å²) in [5.41, 5.74) is 5.89. The number of rotatable bonds is 6. The molecule has 1 aliphatic rings. The molecule has 0 aliphatic heterocycles. The molecule has 1 saturated carbocycles. The maximum Gasteiger partial charge on any atom is 0.239 e. The fourth-order valence-electron chi connectivity index (χ4n) is 2.75. The van der Waals surface area contributed by atoms with Crippen LogP contribution in [0.5, 0.6) is 0 Å². The first-order valence-corrected chi connectivity index (χ1v) is 7.11. The molecule has 0 aromatic carbocycles. The zero-order valence-corrected chi connectivity index (χ0v) is 12.0. The lowest BCUT2D eigenvalue weighted by Crippen LogP contribution is -2.47. The van der Waals surface area contributed by atoms with Gasteiger partial charge in [-0.3, -0.25) is 4.79 Å². The van der Waals surface area contributed by atoms with Crippen molar-refractivity contribution in [1.29, 1.82) is 0 Å². The Kier molecular flexibility index (Phi) is 6.65. The number of carbonyl (C=O) groups excluding carboxylic acids is 1. The Morgan fingerprint density at radius 2 is 2.00 bits per heavy atom. The Morgan fingerprint density at radius 3 is 2.50 bits per heavy atom. The van der Waals surface area contributed by atoms with Gasteiger partial charge >= 0.3 is 0 Å². The van der Waals surface area contributed by atoms with Crippen LogP contribution in [-0.2, 0) is 9.53 Å². The molecular formula is C14H28N2O2. The molecule has 1 fully saturated rings. The van der Waals surface area contributed by atoms with Gasteiger partial charge in [-0.25, -0.2) is 0 Å². The first-order chi connectivity index (χ1) is 8.60. The lowest BCUT2D eigenvalue weighted by atomic mass is 9.84. The van der Waals surface area contributed by atoms with E-state index in [1.807, 2.05) is 11.9 Å². The summed E-state index contributed by atoms with van der Waals surface area (Å²) in [5.74, 6) is 0.916. The van der Waals surface area contributed by atoms with Gasteiger partial charge in [-0.2, -0.15) is 0 Å². The Labute approximate surface area is 111 Å². The van der Waals surface area contributed by atoms with E-state index in [0.717, 1.165) is 18.8 Å². The Bertz CT molecular complexity index is 250. The maximum absolute atomic E-state index is 12.1.